The third kappa shape index (κ3) is 6.52. The van der Waals surface area contributed by atoms with Crippen molar-refractivity contribution in [2.75, 3.05) is 33.2 Å². The number of aromatic nitrogens is 4. The van der Waals surface area contributed by atoms with Gasteiger partial charge in [-0.15, -0.1) is 0 Å². The number of hydrogen-bond donors (Lipinski definition) is 2. The van der Waals surface area contributed by atoms with Crippen molar-refractivity contribution in [3.8, 4) is 11.3 Å². The fraction of sp³-hybridized carbons (Fsp3) is 0.469. The van der Waals surface area contributed by atoms with Crippen LogP contribution in [0.2, 0.25) is 0 Å². The van der Waals surface area contributed by atoms with Crippen molar-refractivity contribution in [3.05, 3.63) is 80.9 Å². The number of hydrogen-bond acceptors (Lipinski definition) is 6. The molecule has 0 amide bonds. The zero-order valence-electron chi connectivity index (χ0n) is 24.6. The van der Waals surface area contributed by atoms with Gasteiger partial charge in [-0.2, -0.15) is 5.10 Å². The van der Waals surface area contributed by atoms with E-state index in [2.05, 4.69) is 76.4 Å². The molecule has 4 heterocycles. The summed E-state index contributed by atoms with van der Waals surface area (Å²) in [7, 11) is 2.21. The minimum Gasteiger partial charge on any atom is -0.326 e. The van der Waals surface area contributed by atoms with E-state index in [9.17, 15) is 4.79 Å². The molecule has 8 heteroatoms. The molecule has 1 aromatic carbocycles. The Labute approximate surface area is 237 Å². The van der Waals surface area contributed by atoms with Crippen molar-refractivity contribution in [2.45, 2.75) is 66.2 Å². The van der Waals surface area contributed by atoms with Crippen LogP contribution in [-0.4, -0.2) is 62.8 Å². The molecular formula is C32H43N7O. The summed E-state index contributed by atoms with van der Waals surface area (Å²) in [5, 5.41) is 9.18. The van der Waals surface area contributed by atoms with Gasteiger partial charge in [-0.1, -0.05) is 24.3 Å². The summed E-state index contributed by atoms with van der Waals surface area (Å²) >= 11 is 0. The molecule has 8 nitrogen and oxygen atoms in total. The molecule has 40 heavy (non-hydrogen) atoms. The molecular weight excluding hydrogens is 498 g/mol. The molecule has 5 rings (SSSR count). The zero-order valence-corrected chi connectivity index (χ0v) is 24.6. The van der Waals surface area contributed by atoms with Crippen LogP contribution < -0.4 is 10.9 Å². The number of nitrogens with zero attached hydrogens (tertiary/aromatic N) is 5. The number of aryl methyl sites for hydroxylation is 2. The normalized spacial score (nSPS) is 14.3. The molecule has 4 aromatic rings. The second-order valence-corrected chi connectivity index (χ2v) is 11.6. The first kappa shape index (κ1) is 28.2. The molecule has 1 aliphatic heterocycles. The van der Waals surface area contributed by atoms with Crippen LogP contribution in [0, 0.1) is 13.8 Å². The van der Waals surface area contributed by atoms with Gasteiger partial charge in [-0.3, -0.25) is 4.79 Å². The number of pyridine rings is 2. The lowest BCUT2D eigenvalue weighted by Gasteiger charge is -2.21. The second-order valence-electron chi connectivity index (χ2n) is 11.6. The number of benzene rings is 1. The van der Waals surface area contributed by atoms with E-state index in [0.29, 0.717) is 13.1 Å². The van der Waals surface area contributed by atoms with Gasteiger partial charge in [0.1, 0.15) is 0 Å². The third-order valence-corrected chi connectivity index (χ3v) is 7.95. The van der Waals surface area contributed by atoms with Gasteiger partial charge < -0.3 is 20.1 Å². The van der Waals surface area contributed by atoms with E-state index in [1.165, 1.54) is 31.5 Å². The molecule has 0 radical (unpaired) electrons. The first-order valence-electron chi connectivity index (χ1n) is 14.6. The number of likely N-dealkylation sites (tertiary alicyclic amines) is 1. The lowest BCUT2D eigenvalue weighted by atomic mass is 10.0. The standard InChI is InChI=1S/C32H43N7O/c1-22(2)39-31-29(20-34-39)27(18-33-19-28-23(3)16-24(4)35-32(28)40)17-30(36-31)26-10-8-25(9-11-26)21-37(5)14-15-38-12-6-7-13-38/h8-11,16-17,20,22,33H,6-7,12-15,18-19,21H2,1-5H3,(H,35,40). The van der Waals surface area contributed by atoms with E-state index < -0.39 is 0 Å². The van der Waals surface area contributed by atoms with Crippen molar-refractivity contribution in [1.82, 2.24) is 34.9 Å². The summed E-state index contributed by atoms with van der Waals surface area (Å²) in [4.78, 5) is 25.4. The van der Waals surface area contributed by atoms with Gasteiger partial charge in [0, 0.05) is 61.0 Å². The van der Waals surface area contributed by atoms with Crippen LogP contribution in [0.4, 0.5) is 0 Å². The summed E-state index contributed by atoms with van der Waals surface area (Å²) in [5.41, 5.74) is 7.98. The van der Waals surface area contributed by atoms with Crippen LogP contribution in [0.5, 0.6) is 0 Å². The van der Waals surface area contributed by atoms with E-state index in [0.717, 1.165) is 64.3 Å². The largest absolute Gasteiger partial charge is 0.326 e. The maximum atomic E-state index is 12.5. The lowest BCUT2D eigenvalue weighted by Crippen LogP contribution is -2.31. The number of fused-ring (bicyclic) bond motifs is 1. The van der Waals surface area contributed by atoms with Crippen LogP contribution in [-0.2, 0) is 19.6 Å². The molecule has 1 saturated heterocycles. The minimum absolute atomic E-state index is 0.0278. The Kier molecular flexibility index (Phi) is 8.78. The summed E-state index contributed by atoms with van der Waals surface area (Å²) in [6.07, 6.45) is 4.59. The lowest BCUT2D eigenvalue weighted by molar-refractivity contribution is 0.252. The SMILES string of the molecule is Cc1cc(C)c(CNCc2cc(-c3ccc(CN(C)CCN4CCCC4)cc3)nc3c2cnn3C(C)C)c(=O)[nH]1. The fourth-order valence-electron chi connectivity index (χ4n) is 5.67. The van der Waals surface area contributed by atoms with E-state index in [4.69, 9.17) is 4.98 Å². The molecule has 0 spiro atoms. The monoisotopic (exact) mass is 541 g/mol. The van der Waals surface area contributed by atoms with Crippen LogP contribution >= 0.6 is 0 Å². The highest BCUT2D eigenvalue weighted by atomic mass is 16.1. The summed E-state index contributed by atoms with van der Waals surface area (Å²) < 4.78 is 1.99. The third-order valence-electron chi connectivity index (χ3n) is 7.95. The van der Waals surface area contributed by atoms with Crippen molar-refractivity contribution in [2.24, 2.45) is 0 Å². The number of likely N-dealkylation sites (N-methyl/N-ethyl adjacent to an activating group) is 1. The molecule has 0 unspecified atom stereocenters. The van der Waals surface area contributed by atoms with E-state index in [-0.39, 0.29) is 11.6 Å². The molecule has 212 valence electrons. The Morgan fingerprint density at radius 3 is 2.52 bits per heavy atom. The van der Waals surface area contributed by atoms with Crippen molar-refractivity contribution < 1.29 is 0 Å². The van der Waals surface area contributed by atoms with Gasteiger partial charge in [0.15, 0.2) is 5.65 Å². The molecule has 1 aliphatic rings. The average molecular weight is 542 g/mol. The number of aromatic amines is 1. The van der Waals surface area contributed by atoms with Crippen LogP contribution in [0.25, 0.3) is 22.3 Å². The molecule has 0 saturated carbocycles. The van der Waals surface area contributed by atoms with Crippen LogP contribution in [0.3, 0.4) is 0 Å². The van der Waals surface area contributed by atoms with Crippen molar-refractivity contribution in [1.29, 1.82) is 0 Å². The second kappa shape index (κ2) is 12.5. The molecule has 0 atom stereocenters. The maximum Gasteiger partial charge on any atom is 0.252 e. The van der Waals surface area contributed by atoms with Gasteiger partial charge in [-0.25, -0.2) is 9.67 Å². The Morgan fingerprint density at radius 1 is 1.07 bits per heavy atom. The Balaban J connectivity index is 1.33. The van der Waals surface area contributed by atoms with Gasteiger partial charge in [0.05, 0.1) is 11.9 Å². The van der Waals surface area contributed by atoms with Gasteiger partial charge in [0.2, 0.25) is 0 Å². The average Bonchev–Trinajstić information content (AvgIpc) is 3.59. The molecule has 0 bridgehead atoms. The minimum atomic E-state index is -0.0278. The highest BCUT2D eigenvalue weighted by Crippen LogP contribution is 2.27. The van der Waals surface area contributed by atoms with Gasteiger partial charge in [0.25, 0.3) is 5.56 Å². The maximum absolute atomic E-state index is 12.5. The van der Waals surface area contributed by atoms with Crippen LogP contribution in [0.15, 0.2) is 47.4 Å². The number of H-pyrrole nitrogens is 1. The Bertz CT molecular complexity index is 1500. The Hall–Kier alpha value is -3.33. The van der Waals surface area contributed by atoms with Gasteiger partial charge >= 0.3 is 0 Å². The summed E-state index contributed by atoms with van der Waals surface area (Å²) in [6, 6.07) is 13.2. The smallest absolute Gasteiger partial charge is 0.252 e. The summed E-state index contributed by atoms with van der Waals surface area (Å²) in [5.74, 6) is 0. The Morgan fingerprint density at radius 2 is 1.82 bits per heavy atom. The fourth-order valence-corrected chi connectivity index (χ4v) is 5.67. The van der Waals surface area contributed by atoms with Crippen molar-refractivity contribution in [3.63, 3.8) is 0 Å². The molecule has 2 N–H and O–H groups in total. The molecule has 3 aromatic heterocycles. The molecule has 1 fully saturated rings. The van der Waals surface area contributed by atoms with E-state index >= 15 is 0 Å². The quantitative estimate of drug-likeness (QED) is 0.284. The van der Waals surface area contributed by atoms with E-state index in [1.807, 2.05) is 30.8 Å². The van der Waals surface area contributed by atoms with Gasteiger partial charge in [-0.05, 0) is 89.5 Å². The zero-order chi connectivity index (χ0) is 28.2. The van der Waals surface area contributed by atoms with Crippen molar-refractivity contribution >= 4 is 11.0 Å². The van der Waals surface area contributed by atoms with Crippen LogP contribution in [0.1, 0.15) is 60.7 Å². The highest BCUT2D eigenvalue weighted by molar-refractivity contribution is 5.82. The number of rotatable bonds is 11. The topological polar surface area (TPSA) is 82.1 Å². The number of nitrogens with one attached hydrogen (secondary N) is 2. The predicted octanol–water partition coefficient (Wildman–Crippen LogP) is 4.80. The van der Waals surface area contributed by atoms with E-state index in [1.54, 1.807) is 0 Å². The highest BCUT2D eigenvalue weighted by Gasteiger charge is 2.15. The first-order chi connectivity index (χ1) is 19.3. The molecule has 0 aliphatic carbocycles. The summed E-state index contributed by atoms with van der Waals surface area (Å²) in [6.45, 7) is 14.9. The predicted molar refractivity (Wildman–Crippen MR) is 162 cm³/mol. The first-order valence-corrected chi connectivity index (χ1v) is 14.6.